The van der Waals surface area contributed by atoms with Crippen molar-refractivity contribution in [3.05, 3.63) is 29.8 Å². The molecule has 0 aromatic heterocycles. The second kappa shape index (κ2) is 8.29. The maximum atomic E-state index is 12.4. The summed E-state index contributed by atoms with van der Waals surface area (Å²) >= 11 is 0. The monoisotopic (exact) mass is 375 g/mol. The molecule has 136 valence electrons. The van der Waals surface area contributed by atoms with E-state index in [0.717, 1.165) is 19.4 Å². The molecular formula is C16H26ClN3O3S. The summed E-state index contributed by atoms with van der Waals surface area (Å²) in [6.07, 6.45) is 2.18. The van der Waals surface area contributed by atoms with E-state index in [1.54, 1.807) is 0 Å². The summed E-state index contributed by atoms with van der Waals surface area (Å²) in [4.78, 5) is 11.7. The molecule has 8 heteroatoms. The Morgan fingerprint density at radius 1 is 1.29 bits per heavy atom. The molecule has 1 aromatic carbocycles. The first kappa shape index (κ1) is 20.9. The van der Waals surface area contributed by atoms with Gasteiger partial charge in [0.2, 0.25) is 10.0 Å². The van der Waals surface area contributed by atoms with Crippen LogP contribution in [0.5, 0.6) is 0 Å². The van der Waals surface area contributed by atoms with Gasteiger partial charge in [0.1, 0.15) is 0 Å². The number of piperidine rings is 1. The molecule has 0 bridgehead atoms. The Morgan fingerprint density at radius 3 is 2.46 bits per heavy atom. The summed E-state index contributed by atoms with van der Waals surface area (Å²) in [7, 11) is -2.05. The molecular weight excluding hydrogens is 350 g/mol. The van der Waals surface area contributed by atoms with E-state index >= 15 is 0 Å². The molecule has 1 saturated heterocycles. The highest BCUT2D eigenvalue weighted by atomic mass is 35.5. The lowest BCUT2D eigenvalue weighted by Crippen LogP contribution is -2.52. The van der Waals surface area contributed by atoms with Gasteiger partial charge in [-0.1, -0.05) is 13.8 Å². The largest absolute Gasteiger partial charge is 0.355 e. The Labute approximate surface area is 150 Å². The summed E-state index contributed by atoms with van der Waals surface area (Å²) in [6, 6.07) is 6.03. The van der Waals surface area contributed by atoms with Crippen molar-refractivity contribution in [2.24, 2.45) is 5.41 Å². The van der Waals surface area contributed by atoms with Gasteiger partial charge in [-0.05, 0) is 49.1 Å². The molecule has 0 spiro atoms. The van der Waals surface area contributed by atoms with Crippen LogP contribution < -0.4 is 15.4 Å². The third-order valence-electron chi connectivity index (χ3n) is 4.46. The molecule has 1 aromatic rings. The van der Waals surface area contributed by atoms with Crippen LogP contribution in [-0.2, 0) is 10.0 Å². The van der Waals surface area contributed by atoms with Gasteiger partial charge in [-0.3, -0.25) is 4.79 Å². The summed E-state index contributed by atoms with van der Waals surface area (Å²) in [5.74, 6) is -0.241. The fraction of sp³-hybridized carbons (Fsp3) is 0.562. The average Bonchev–Trinajstić information content (AvgIpc) is 2.53. The average molecular weight is 376 g/mol. The number of benzene rings is 1. The Morgan fingerprint density at radius 2 is 1.92 bits per heavy atom. The first-order chi connectivity index (χ1) is 10.8. The highest BCUT2D eigenvalue weighted by molar-refractivity contribution is 7.89. The minimum Gasteiger partial charge on any atom is -0.355 e. The molecule has 0 aliphatic carbocycles. The third-order valence-corrected chi connectivity index (χ3v) is 5.90. The van der Waals surface area contributed by atoms with E-state index in [0.29, 0.717) is 12.1 Å². The van der Waals surface area contributed by atoms with Crippen molar-refractivity contribution < 1.29 is 13.2 Å². The summed E-state index contributed by atoms with van der Waals surface area (Å²) in [5, 5.41) is 5.89. The van der Waals surface area contributed by atoms with E-state index in [-0.39, 0.29) is 34.7 Å². The van der Waals surface area contributed by atoms with Crippen LogP contribution in [0.25, 0.3) is 0 Å². The molecule has 2 rings (SSSR count). The van der Waals surface area contributed by atoms with Crippen molar-refractivity contribution in [3.63, 3.8) is 0 Å². The number of carbonyl (C=O) groups excluding carboxylic acids is 1. The van der Waals surface area contributed by atoms with Gasteiger partial charge in [0.25, 0.3) is 5.91 Å². The van der Waals surface area contributed by atoms with Crippen molar-refractivity contribution in [2.45, 2.75) is 37.6 Å². The predicted octanol–water partition coefficient (Wildman–Crippen LogP) is 1.52. The van der Waals surface area contributed by atoms with Crippen molar-refractivity contribution in [2.75, 3.05) is 20.1 Å². The number of carbonyl (C=O) groups is 1. The van der Waals surface area contributed by atoms with Crippen LogP contribution in [0.3, 0.4) is 0 Å². The molecule has 3 N–H and O–H groups in total. The van der Waals surface area contributed by atoms with Crippen molar-refractivity contribution in [1.82, 2.24) is 15.4 Å². The number of amides is 1. The van der Waals surface area contributed by atoms with Crippen LogP contribution in [0.1, 0.15) is 37.0 Å². The number of sulfonamides is 1. The maximum absolute atomic E-state index is 12.4. The van der Waals surface area contributed by atoms with Crippen LogP contribution in [0, 0.1) is 5.41 Å². The molecule has 1 fully saturated rings. The van der Waals surface area contributed by atoms with Gasteiger partial charge in [0.05, 0.1) is 4.90 Å². The fourth-order valence-corrected chi connectivity index (χ4v) is 3.87. The third kappa shape index (κ3) is 4.92. The number of hydrogen-bond acceptors (Lipinski definition) is 4. The summed E-state index contributed by atoms with van der Waals surface area (Å²) in [5.41, 5.74) is 0.491. The van der Waals surface area contributed by atoms with Crippen LogP contribution in [0.2, 0.25) is 0 Å². The Hall–Kier alpha value is -1.15. The lowest BCUT2D eigenvalue weighted by atomic mass is 9.78. The van der Waals surface area contributed by atoms with Crippen molar-refractivity contribution >= 4 is 28.3 Å². The highest BCUT2D eigenvalue weighted by Gasteiger charge is 2.32. The number of halogens is 1. The topological polar surface area (TPSA) is 87.3 Å². The Balaban J connectivity index is 0.00000288. The Bertz CT molecular complexity index is 660. The fourth-order valence-electron chi connectivity index (χ4n) is 2.83. The number of hydrogen-bond donors (Lipinski definition) is 3. The molecule has 1 aliphatic rings. The van der Waals surface area contributed by atoms with Gasteiger partial charge >= 0.3 is 0 Å². The molecule has 24 heavy (non-hydrogen) atoms. The van der Waals surface area contributed by atoms with E-state index in [1.165, 1.54) is 31.3 Å². The van der Waals surface area contributed by atoms with Crippen LogP contribution in [0.4, 0.5) is 0 Å². The second-order valence-electron chi connectivity index (χ2n) is 6.55. The van der Waals surface area contributed by atoms with E-state index < -0.39 is 10.0 Å². The quantitative estimate of drug-likeness (QED) is 0.728. The van der Waals surface area contributed by atoms with Crippen LogP contribution in [0.15, 0.2) is 29.2 Å². The van der Waals surface area contributed by atoms with Gasteiger partial charge in [-0.25, -0.2) is 13.1 Å². The zero-order valence-electron chi connectivity index (χ0n) is 14.3. The van der Waals surface area contributed by atoms with Crippen molar-refractivity contribution in [3.8, 4) is 0 Å². The predicted molar refractivity (Wildman–Crippen MR) is 97.1 cm³/mol. The second-order valence-corrected chi connectivity index (χ2v) is 8.32. The number of rotatable bonds is 5. The van der Waals surface area contributed by atoms with E-state index in [9.17, 15) is 13.2 Å². The van der Waals surface area contributed by atoms with Gasteiger partial charge in [-0.15, -0.1) is 12.4 Å². The zero-order chi connectivity index (χ0) is 17.1. The molecule has 1 aliphatic heterocycles. The normalized spacial score (nSPS) is 20.0. The highest BCUT2D eigenvalue weighted by Crippen LogP contribution is 2.29. The molecule has 1 atom stereocenters. The van der Waals surface area contributed by atoms with Gasteiger partial charge in [0, 0.05) is 25.2 Å². The summed E-state index contributed by atoms with van der Waals surface area (Å²) < 4.78 is 27.5. The first-order valence-electron chi connectivity index (χ1n) is 7.81. The van der Waals surface area contributed by atoms with Crippen LogP contribution in [-0.4, -0.2) is 40.5 Å². The van der Waals surface area contributed by atoms with Crippen molar-refractivity contribution in [1.29, 1.82) is 0 Å². The smallest absolute Gasteiger partial charge is 0.251 e. The first-order valence-corrected chi connectivity index (χ1v) is 9.30. The minimum absolute atomic E-state index is 0. The van der Waals surface area contributed by atoms with Gasteiger partial charge < -0.3 is 10.6 Å². The SMILES string of the molecule is CNC(=O)c1ccc(S(=O)(=O)NCC2NCCCC2(C)C)cc1.Cl. The zero-order valence-corrected chi connectivity index (χ0v) is 15.9. The maximum Gasteiger partial charge on any atom is 0.251 e. The Kier molecular flexibility index (Phi) is 7.22. The van der Waals surface area contributed by atoms with Gasteiger partial charge in [-0.2, -0.15) is 0 Å². The molecule has 0 saturated carbocycles. The lowest BCUT2D eigenvalue weighted by Gasteiger charge is -2.39. The number of nitrogens with one attached hydrogen (secondary N) is 3. The molecule has 1 amide bonds. The van der Waals surface area contributed by atoms with Crippen LogP contribution >= 0.6 is 12.4 Å². The molecule has 6 nitrogen and oxygen atoms in total. The lowest BCUT2D eigenvalue weighted by molar-refractivity contribution is 0.0963. The molecule has 0 radical (unpaired) electrons. The van der Waals surface area contributed by atoms with E-state index in [1.807, 2.05) is 0 Å². The molecule has 1 heterocycles. The van der Waals surface area contributed by atoms with E-state index in [2.05, 4.69) is 29.2 Å². The standard InChI is InChI=1S/C16H25N3O3S.ClH/c1-16(2)9-4-10-18-14(16)11-19-23(21,22)13-7-5-12(6-8-13)15(20)17-3;/h5-8,14,18-19H,4,9-11H2,1-3H3,(H,17,20);1H. The van der Waals surface area contributed by atoms with E-state index in [4.69, 9.17) is 0 Å². The van der Waals surface area contributed by atoms with Gasteiger partial charge in [0.15, 0.2) is 0 Å². The minimum atomic E-state index is -3.58. The summed E-state index contributed by atoms with van der Waals surface area (Å²) in [6.45, 7) is 5.57. The molecule has 1 unspecified atom stereocenters.